The molecule has 7 nitrogen and oxygen atoms in total. The minimum absolute atomic E-state index is 0.190. The maximum Gasteiger partial charge on any atom is 0.210 e. The van der Waals surface area contributed by atoms with Crippen LogP contribution in [0.3, 0.4) is 0 Å². The van der Waals surface area contributed by atoms with Crippen LogP contribution in [0.25, 0.3) is 0 Å². The molecule has 3 aromatic rings. The molecular formula is C22H24N4O3. The first-order chi connectivity index (χ1) is 14.2. The Kier molecular flexibility index (Phi) is 5.94. The molecule has 1 fully saturated rings. The molecule has 3 heterocycles. The van der Waals surface area contributed by atoms with Crippen LogP contribution in [-0.4, -0.2) is 57.1 Å². The van der Waals surface area contributed by atoms with Crippen molar-refractivity contribution in [2.45, 2.75) is 26.0 Å². The lowest BCUT2D eigenvalue weighted by Gasteiger charge is -2.38. The van der Waals surface area contributed by atoms with Gasteiger partial charge in [0.15, 0.2) is 0 Å². The highest BCUT2D eigenvalue weighted by Gasteiger charge is 2.27. The summed E-state index contributed by atoms with van der Waals surface area (Å²) in [6, 6.07) is 9.58. The van der Waals surface area contributed by atoms with Crippen LogP contribution in [0, 0.1) is 11.8 Å². The summed E-state index contributed by atoms with van der Waals surface area (Å²) in [6.07, 6.45) is 4.80. The van der Waals surface area contributed by atoms with E-state index in [4.69, 9.17) is 14.4 Å². The molecule has 4 rings (SSSR count). The standard InChI is InChI=1S/C22H24N4O3/c1-2-22-23-9-10-26(22)14-18-13-20(29-24-18)8-5-17-3-6-19(7-4-17)28-21-15-25(16-21)11-12-27/h3-4,6-7,9-10,13,21,27H,2,11-12,14-16H2,1H3. The molecule has 1 aliphatic heterocycles. The van der Waals surface area contributed by atoms with Crippen molar-refractivity contribution in [1.29, 1.82) is 0 Å². The molecular weight excluding hydrogens is 368 g/mol. The highest BCUT2D eigenvalue weighted by atomic mass is 16.5. The number of benzene rings is 1. The molecule has 0 atom stereocenters. The maximum absolute atomic E-state index is 8.91. The van der Waals surface area contributed by atoms with Crippen molar-refractivity contribution >= 4 is 0 Å². The zero-order chi connectivity index (χ0) is 20.1. The van der Waals surface area contributed by atoms with E-state index >= 15 is 0 Å². The second-order valence-corrected chi connectivity index (χ2v) is 7.00. The Morgan fingerprint density at radius 1 is 1.24 bits per heavy atom. The highest BCUT2D eigenvalue weighted by molar-refractivity contribution is 5.42. The maximum atomic E-state index is 8.91. The van der Waals surface area contributed by atoms with Gasteiger partial charge in [-0.3, -0.25) is 4.90 Å². The lowest BCUT2D eigenvalue weighted by atomic mass is 10.1. The van der Waals surface area contributed by atoms with Crippen molar-refractivity contribution in [3.05, 3.63) is 65.6 Å². The molecule has 1 saturated heterocycles. The Morgan fingerprint density at radius 3 is 2.83 bits per heavy atom. The molecule has 1 aliphatic rings. The van der Waals surface area contributed by atoms with Gasteiger partial charge in [-0.25, -0.2) is 4.98 Å². The predicted octanol–water partition coefficient (Wildman–Crippen LogP) is 1.94. The van der Waals surface area contributed by atoms with Gasteiger partial charge in [-0.2, -0.15) is 0 Å². The molecule has 1 N–H and O–H groups in total. The molecule has 29 heavy (non-hydrogen) atoms. The van der Waals surface area contributed by atoms with E-state index in [2.05, 4.69) is 38.4 Å². The quantitative estimate of drug-likeness (QED) is 0.620. The number of aliphatic hydroxyl groups excluding tert-OH is 1. The van der Waals surface area contributed by atoms with Crippen molar-refractivity contribution in [3.63, 3.8) is 0 Å². The van der Waals surface area contributed by atoms with E-state index in [9.17, 15) is 0 Å². The first-order valence-electron chi connectivity index (χ1n) is 9.81. The molecule has 0 bridgehead atoms. The van der Waals surface area contributed by atoms with Crippen LogP contribution in [0.15, 0.2) is 47.2 Å². The summed E-state index contributed by atoms with van der Waals surface area (Å²) in [6.45, 7) is 5.31. The number of β-amino-alcohol motifs (C(OH)–C–C–N with tert-alkyl or cyclic N) is 1. The van der Waals surface area contributed by atoms with Crippen LogP contribution in [0.4, 0.5) is 0 Å². The summed E-state index contributed by atoms with van der Waals surface area (Å²) in [5.74, 6) is 8.50. The van der Waals surface area contributed by atoms with E-state index in [-0.39, 0.29) is 12.7 Å². The van der Waals surface area contributed by atoms with Gasteiger partial charge in [-0.05, 0) is 30.2 Å². The van der Waals surface area contributed by atoms with Gasteiger partial charge in [0.2, 0.25) is 5.76 Å². The molecule has 0 aliphatic carbocycles. The molecule has 150 valence electrons. The van der Waals surface area contributed by atoms with Gasteiger partial charge in [0.25, 0.3) is 0 Å². The normalized spacial score (nSPS) is 14.3. The Hall–Kier alpha value is -3.08. The van der Waals surface area contributed by atoms with Gasteiger partial charge in [-0.1, -0.05) is 18.0 Å². The van der Waals surface area contributed by atoms with E-state index in [1.807, 2.05) is 36.5 Å². The van der Waals surface area contributed by atoms with Gasteiger partial charge < -0.3 is 18.9 Å². The predicted molar refractivity (Wildman–Crippen MR) is 108 cm³/mol. The molecule has 0 unspecified atom stereocenters. The van der Waals surface area contributed by atoms with Crippen LogP contribution in [-0.2, 0) is 13.0 Å². The van der Waals surface area contributed by atoms with Gasteiger partial charge in [-0.15, -0.1) is 0 Å². The van der Waals surface area contributed by atoms with Gasteiger partial charge in [0, 0.05) is 50.1 Å². The molecule has 7 heteroatoms. The van der Waals surface area contributed by atoms with E-state index in [0.29, 0.717) is 18.8 Å². The van der Waals surface area contributed by atoms with Crippen LogP contribution >= 0.6 is 0 Å². The Labute approximate surface area is 169 Å². The fourth-order valence-electron chi connectivity index (χ4n) is 3.28. The van der Waals surface area contributed by atoms with E-state index in [1.165, 1.54) is 0 Å². The second-order valence-electron chi connectivity index (χ2n) is 7.00. The molecule has 0 amide bonds. The van der Waals surface area contributed by atoms with Crippen molar-refractivity contribution in [3.8, 4) is 17.6 Å². The molecule has 2 aromatic heterocycles. The molecule has 0 radical (unpaired) electrons. The minimum Gasteiger partial charge on any atom is -0.488 e. The number of aryl methyl sites for hydroxylation is 1. The average Bonchev–Trinajstić information content (AvgIpc) is 3.35. The minimum atomic E-state index is 0.190. The van der Waals surface area contributed by atoms with Gasteiger partial charge in [0.05, 0.1) is 13.2 Å². The van der Waals surface area contributed by atoms with Crippen molar-refractivity contribution in [2.24, 2.45) is 0 Å². The Morgan fingerprint density at radius 2 is 2.07 bits per heavy atom. The van der Waals surface area contributed by atoms with E-state index in [0.717, 1.165) is 42.3 Å². The monoisotopic (exact) mass is 392 g/mol. The molecule has 1 aromatic carbocycles. The number of hydrogen-bond donors (Lipinski definition) is 1. The third-order valence-corrected chi connectivity index (χ3v) is 4.84. The second kappa shape index (κ2) is 8.95. The van der Waals surface area contributed by atoms with Crippen molar-refractivity contribution < 1.29 is 14.4 Å². The van der Waals surface area contributed by atoms with Gasteiger partial charge >= 0.3 is 0 Å². The molecule has 0 spiro atoms. The zero-order valence-corrected chi connectivity index (χ0v) is 16.4. The van der Waals surface area contributed by atoms with Crippen LogP contribution in [0.5, 0.6) is 5.75 Å². The number of aliphatic hydroxyl groups is 1. The van der Waals surface area contributed by atoms with Crippen LogP contribution in [0.1, 0.15) is 29.8 Å². The number of ether oxygens (including phenoxy) is 1. The fraction of sp³-hybridized carbons (Fsp3) is 0.364. The smallest absolute Gasteiger partial charge is 0.210 e. The summed E-state index contributed by atoms with van der Waals surface area (Å²) in [5.41, 5.74) is 1.70. The average molecular weight is 392 g/mol. The number of nitrogens with zero attached hydrogens (tertiary/aromatic N) is 4. The third kappa shape index (κ3) is 4.86. The Bertz CT molecular complexity index is 991. The largest absolute Gasteiger partial charge is 0.488 e. The third-order valence-electron chi connectivity index (χ3n) is 4.84. The van der Waals surface area contributed by atoms with E-state index < -0.39 is 0 Å². The molecule has 0 saturated carbocycles. The zero-order valence-electron chi connectivity index (χ0n) is 16.4. The van der Waals surface area contributed by atoms with Crippen LogP contribution in [0.2, 0.25) is 0 Å². The van der Waals surface area contributed by atoms with Gasteiger partial charge in [0.1, 0.15) is 23.4 Å². The summed E-state index contributed by atoms with van der Waals surface area (Å²) >= 11 is 0. The summed E-state index contributed by atoms with van der Waals surface area (Å²) in [5, 5.41) is 13.0. The Balaban J connectivity index is 1.32. The number of hydrogen-bond acceptors (Lipinski definition) is 6. The summed E-state index contributed by atoms with van der Waals surface area (Å²) in [4.78, 5) is 6.47. The lowest BCUT2D eigenvalue weighted by Crippen LogP contribution is -2.54. The number of aromatic nitrogens is 3. The summed E-state index contributed by atoms with van der Waals surface area (Å²) in [7, 11) is 0. The summed E-state index contributed by atoms with van der Waals surface area (Å²) < 4.78 is 13.3. The highest BCUT2D eigenvalue weighted by Crippen LogP contribution is 2.18. The van der Waals surface area contributed by atoms with Crippen molar-refractivity contribution in [1.82, 2.24) is 19.6 Å². The number of likely N-dealkylation sites (tertiary alicyclic amines) is 1. The first-order valence-corrected chi connectivity index (χ1v) is 9.81. The first kappa shape index (κ1) is 19.2. The lowest BCUT2D eigenvalue weighted by molar-refractivity contribution is 0.0107. The SMILES string of the molecule is CCc1nccn1Cc1cc(C#Cc2ccc(OC3CN(CCO)C3)cc2)on1. The number of rotatable bonds is 7. The number of imidazole rings is 1. The topological polar surface area (TPSA) is 76.5 Å². The van der Waals surface area contributed by atoms with E-state index in [1.54, 1.807) is 6.20 Å². The van der Waals surface area contributed by atoms with Crippen molar-refractivity contribution in [2.75, 3.05) is 26.2 Å². The van der Waals surface area contributed by atoms with Crippen LogP contribution < -0.4 is 4.74 Å². The fourth-order valence-corrected chi connectivity index (χ4v) is 3.28.